The number of aliphatic hydroxyl groups excluding tert-OH is 1. The van der Waals surface area contributed by atoms with E-state index in [-0.39, 0.29) is 12.1 Å². The molecule has 1 aliphatic carbocycles. The molecule has 1 aromatic carbocycles. The number of aryl methyl sites for hydroxylation is 1. The largest absolute Gasteiger partial charge is 0.392 e. The SMILES string of the molecule is Cc1ccc(CNC2CCCCCC2O)cc1. The van der Waals surface area contributed by atoms with Gasteiger partial charge in [0.2, 0.25) is 0 Å². The first-order valence-electron chi connectivity index (χ1n) is 6.73. The Balaban J connectivity index is 1.85. The summed E-state index contributed by atoms with van der Waals surface area (Å²) in [6.07, 6.45) is 5.56. The van der Waals surface area contributed by atoms with Crippen molar-refractivity contribution < 1.29 is 5.11 Å². The Bertz CT molecular complexity index is 333. The zero-order valence-corrected chi connectivity index (χ0v) is 10.7. The van der Waals surface area contributed by atoms with Crippen LogP contribution >= 0.6 is 0 Å². The number of rotatable bonds is 3. The summed E-state index contributed by atoms with van der Waals surface area (Å²) in [4.78, 5) is 0. The molecule has 0 aromatic heterocycles. The molecule has 0 amide bonds. The number of nitrogens with one attached hydrogen (secondary N) is 1. The Hall–Kier alpha value is -0.860. The van der Waals surface area contributed by atoms with Crippen LogP contribution < -0.4 is 5.32 Å². The average molecular weight is 233 g/mol. The molecule has 1 fully saturated rings. The lowest BCUT2D eigenvalue weighted by molar-refractivity contribution is 0.119. The molecule has 0 heterocycles. The second-order valence-electron chi connectivity index (χ2n) is 5.18. The molecular formula is C15H23NO. The highest BCUT2D eigenvalue weighted by Crippen LogP contribution is 2.18. The summed E-state index contributed by atoms with van der Waals surface area (Å²) in [7, 11) is 0. The summed E-state index contributed by atoms with van der Waals surface area (Å²) in [5.74, 6) is 0. The Labute approximate surface area is 104 Å². The molecule has 0 radical (unpaired) electrons. The van der Waals surface area contributed by atoms with Gasteiger partial charge in [-0.1, -0.05) is 49.1 Å². The van der Waals surface area contributed by atoms with E-state index in [0.717, 1.165) is 19.4 Å². The standard InChI is InChI=1S/C15H23NO/c1-12-7-9-13(10-8-12)11-16-14-5-3-2-4-6-15(14)17/h7-10,14-17H,2-6,11H2,1H3. The van der Waals surface area contributed by atoms with Crippen molar-refractivity contribution >= 4 is 0 Å². The van der Waals surface area contributed by atoms with Crippen molar-refractivity contribution in [3.63, 3.8) is 0 Å². The second-order valence-corrected chi connectivity index (χ2v) is 5.18. The smallest absolute Gasteiger partial charge is 0.0693 e. The lowest BCUT2D eigenvalue weighted by atomic mass is 10.1. The molecule has 2 atom stereocenters. The van der Waals surface area contributed by atoms with Crippen LogP contribution in [0.2, 0.25) is 0 Å². The summed E-state index contributed by atoms with van der Waals surface area (Å²) in [5, 5.41) is 13.5. The molecule has 2 N–H and O–H groups in total. The van der Waals surface area contributed by atoms with E-state index in [2.05, 4.69) is 36.5 Å². The molecular weight excluding hydrogens is 210 g/mol. The molecule has 1 aliphatic rings. The van der Waals surface area contributed by atoms with Crippen molar-refractivity contribution in [2.45, 2.75) is 57.7 Å². The zero-order chi connectivity index (χ0) is 12.1. The molecule has 0 bridgehead atoms. The van der Waals surface area contributed by atoms with Gasteiger partial charge in [-0.15, -0.1) is 0 Å². The van der Waals surface area contributed by atoms with E-state index in [0.29, 0.717) is 0 Å². The summed E-state index contributed by atoms with van der Waals surface area (Å²) in [6.45, 7) is 2.97. The quantitative estimate of drug-likeness (QED) is 0.787. The molecule has 0 aliphatic heterocycles. The van der Waals surface area contributed by atoms with Gasteiger partial charge in [0.1, 0.15) is 0 Å². The summed E-state index contributed by atoms with van der Waals surface area (Å²) >= 11 is 0. The monoisotopic (exact) mass is 233 g/mol. The van der Waals surface area contributed by atoms with Crippen LogP contribution in [-0.2, 0) is 6.54 Å². The van der Waals surface area contributed by atoms with E-state index in [1.54, 1.807) is 0 Å². The first-order chi connectivity index (χ1) is 8.25. The maximum Gasteiger partial charge on any atom is 0.0693 e. The van der Waals surface area contributed by atoms with E-state index in [9.17, 15) is 5.11 Å². The molecule has 2 nitrogen and oxygen atoms in total. The van der Waals surface area contributed by atoms with Crippen LogP contribution in [0.5, 0.6) is 0 Å². The first-order valence-corrected chi connectivity index (χ1v) is 6.73. The number of aliphatic hydroxyl groups is 1. The molecule has 94 valence electrons. The molecule has 1 aromatic rings. The Morgan fingerprint density at radius 3 is 2.59 bits per heavy atom. The van der Waals surface area contributed by atoms with Gasteiger partial charge in [-0.25, -0.2) is 0 Å². The third-order valence-corrected chi connectivity index (χ3v) is 3.67. The Morgan fingerprint density at radius 1 is 1.12 bits per heavy atom. The minimum absolute atomic E-state index is 0.164. The van der Waals surface area contributed by atoms with Crippen LogP contribution in [-0.4, -0.2) is 17.3 Å². The van der Waals surface area contributed by atoms with Gasteiger partial charge in [0.25, 0.3) is 0 Å². The number of hydrogen-bond acceptors (Lipinski definition) is 2. The second kappa shape index (κ2) is 6.18. The van der Waals surface area contributed by atoms with Crippen molar-refractivity contribution in [1.82, 2.24) is 5.32 Å². The summed E-state index contributed by atoms with van der Waals surface area (Å²) < 4.78 is 0. The van der Waals surface area contributed by atoms with Gasteiger partial charge in [-0.05, 0) is 25.3 Å². The van der Waals surface area contributed by atoms with Gasteiger partial charge in [-0.3, -0.25) is 0 Å². The van der Waals surface area contributed by atoms with E-state index in [4.69, 9.17) is 0 Å². The fraction of sp³-hybridized carbons (Fsp3) is 0.600. The van der Waals surface area contributed by atoms with Crippen LogP contribution in [0.15, 0.2) is 24.3 Å². The summed E-state index contributed by atoms with van der Waals surface area (Å²) in [5.41, 5.74) is 2.59. The van der Waals surface area contributed by atoms with Gasteiger partial charge in [-0.2, -0.15) is 0 Å². The van der Waals surface area contributed by atoms with Gasteiger partial charge >= 0.3 is 0 Å². The number of benzene rings is 1. The van der Waals surface area contributed by atoms with Gasteiger partial charge in [0.15, 0.2) is 0 Å². The Morgan fingerprint density at radius 2 is 1.82 bits per heavy atom. The minimum atomic E-state index is -0.164. The van der Waals surface area contributed by atoms with Crippen LogP contribution in [0.25, 0.3) is 0 Å². The predicted octanol–water partition coefficient (Wildman–Crippen LogP) is 2.78. The maximum atomic E-state index is 10.0. The van der Waals surface area contributed by atoms with Crippen molar-refractivity contribution in [2.75, 3.05) is 0 Å². The van der Waals surface area contributed by atoms with E-state index < -0.39 is 0 Å². The summed E-state index contributed by atoms with van der Waals surface area (Å²) in [6, 6.07) is 8.87. The van der Waals surface area contributed by atoms with Crippen molar-refractivity contribution in [3.05, 3.63) is 35.4 Å². The molecule has 2 unspecified atom stereocenters. The fourth-order valence-corrected chi connectivity index (χ4v) is 2.48. The molecule has 0 saturated heterocycles. The van der Waals surface area contributed by atoms with Crippen LogP contribution in [0, 0.1) is 6.92 Å². The maximum absolute atomic E-state index is 10.0. The highest BCUT2D eigenvalue weighted by atomic mass is 16.3. The third kappa shape index (κ3) is 3.83. The van der Waals surface area contributed by atoms with Gasteiger partial charge < -0.3 is 10.4 Å². The van der Waals surface area contributed by atoms with Crippen molar-refractivity contribution in [3.8, 4) is 0 Å². The fourth-order valence-electron chi connectivity index (χ4n) is 2.48. The lowest BCUT2D eigenvalue weighted by Crippen LogP contribution is -2.38. The van der Waals surface area contributed by atoms with Crippen LogP contribution in [0.3, 0.4) is 0 Å². The lowest BCUT2D eigenvalue weighted by Gasteiger charge is -2.21. The topological polar surface area (TPSA) is 32.3 Å². The van der Waals surface area contributed by atoms with Crippen LogP contribution in [0.4, 0.5) is 0 Å². The molecule has 1 saturated carbocycles. The number of hydrogen-bond donors (Lipinski definition) is 2. The average Bonchev–Trinajstić information content (AvgIpc) is 2.54. The van der Waals surface area contributed by atoms with Crippen LogP contribution in [0.1, 0.15) is 43.2 Å². The minimum Gasteiger partial charge on any atom is -0.392 e. The van der Waals surface area contributed by atoms with E-state index >= 15 is 0 Å². The van der Waals surface area contributed by atoms with E-state index in [1.807, 2.05) is 0 Å². The predicted molar refractivity (Wildman–Crippen MR) is 70.9 cm³/mol. The molecule has 2 rings (SSSR count). The third-order valence-electron chi connectivity index (χ3n) is 3.67. The zero-order valence-electron chi connectivity index (χ0n) is 10.7. The molecule has 2 heteroatoms. The van der Waals surface area contributed by atoms with Gasteiger partial charge in [0.05, 0.1) is 6.10 Å². The van der Waals surface area contributed by atoms with Crippen molar-refractivity contribution in [1.29, 1.82) is 0 Å². The highest BCUT2D eigenvalue weighted by Gasteiger charge is 2.20. The van der Waals surface area contributed by atoms with E-state index in [1.165, 1.54) is 30.4 Å². The van der Waals surface area contributed by atoms with Gasteiger partial charge in [0, 0.05) is 12.6 Å². The van der Waals surface area contributed by atoms with Crippen molar-refractivity contribution in [2.24, 2.45) is 0 Å². The highest BCUT2D eigenvalue weighted by molar-refractivity contribution is 5.21. The molecule has 17 heavy (non-hydrogen) atoms. The normalized spacial score (nSPS) is 25.5. The Kier molecular flexibility index (Phi) is 4.57. The molecule has 0 spiro atoms. The first kappa shape index (κ1) is 12.6.